The van der Waals surface area contributed by atoms with E-state index in [9.17, 15) is 5.11 Å². The summed E-state index contributed by atoms with van der Waals surface area (Å²) < 4.78 is 1.96. The predicted molar refractivity (Wildman–Crippen MR) is 71.0 cm³/mol. The van der Waals surface area contributed by atoms with E-state index < -0.39 is 6.10 Å². The average molecular weight is 316 g/mol. The molecular weight excluding hydrogens is 306 g/mol. The molecule has 2 aromatic rings. The van der Waals surface area contributed by atoms with Gasteiger partial charge in [0.25, 0.3) is 0 Å². The summed E-state index contributed by atoms with van der Waals surface area (Å²) in [6.45, 7) is 1.76. The van der Waals surface area contributed by atoms with Gasteiger partial charge < -0.3 is 5.11 Å². The number of hydrogen-bond donors (Lipinski definition) is 1. The van der Waals surface area contributed by atoms with Crippen LogP contribution in [0.3, 0.4) is 0 Å². The van der Waals surface area contributed by atoms with Crippen molar-refractivity contribution < 1.29 is 5.11 Å². The molecule has 2 rings (SSSR count). The molecule has 1 aromatic heterocycles. The Hall–Kier alpha value is -0.360. The lowest BCUT2D eigenvalue weighted by atomic mass is 10.1. The molecule has 0 spiro atoms. The third-order valence-corrected chi connectivity index (χ3v) is 4.60. The molecule has 5 heteroatoms. The van der Waals surface area contributed by atoms with Gasteiger partial charge in [-0.25, -0.2) is 4.98 Å². The van der Waals surface area contributed by atoms with Crippen LogP contribution in [0, 0.1) is 0 Å². The molecule has 0 aliphatic heterocycles. The van der Waals surface area contributed by atoms with Crippen LogP contribution in [0.2, 0.25) is 0 Å². The molecule has 0 radical (unpaired) electrons. The van der Waals surface area contributed by atoms with E-state index in [-0.39, 0.29) is 0 Å². The molecule has 1 atom stereocenters. The Morgan fingerprint density at radius 3 is 2.88 bits per heavy atom. The van der Waals surface area contributed by atoms with Crippen molar-refractivity contribution in [1.82, 2.24) is 4.98 Å². The average Bonchev–Trinajstić information content (AvgIpc) is 2.70. The molecule has 1 heterocycles. The minimum atomic E-state index is -0.451. The summed E-state index contributed by atoms with van der Waals surface area (Å²) >= 11 is 6.71. The number of aromatic nitrogens is 1. The Balaban J connectivity index is 2.21. The van der Waals surface area contributed by atoms with Crippen LogP contribution in [0.5, 0.6) is 0 Å². The fourth-order valence-corrected chi connectivity index (χ4v) is 3.77. The molecule has 0 fully saturated rings. The fraction of sp³-hybridized carbons (Fsp3) is 0.182. The van der Waals surface area contributed by atoms with Crippen molar-refractivity contribution in [2.45, 2.75) is 22.3 Å². The Morgan fingerprint density at radius 1 is 1.50 bits per heavy atom. The molecule has 0 saturated carbocycles. The molecule has 1 N–H and O–H groups in total. The van der Waals surface area contributed by atoms with Crippen LogP contribution in [-0.2, 0) is 0 Å². The summed E-state index contributed by atoms with van der Waals surface area (Å²) in [5.74, 6) is 0. The number of aliphatic hydroxyl groups excluding tert-OH is 1. The largest absolute Gasteiger partial charge is 0.389 e. The lowest BCUT2D eigenvalue weighted by Gasteiger charge is -2.08. The maximum Gasteiger partial charge on any atom is 0.154 e. The van der Waals surface area contributed by atoms with Crippen molar-refractivity contribution >= 4 is 39.0 Å². The van der Waals surface area contributed by atoms with Crippen molar-refractivity contribution in [2.75, 3.05) is 0 Å². The van der Waals surface area contributed by atoms with Gasteiger partial charge in [0, 0.05) is 20.9 Å². The number of benzene rings is 1. The number of halogens is 1. The highest BCUT2D eigenvalue weighted by atomic mass is 79.9. The van der Waals surface area contributed by atoms with Crippen molar-refractivity contribution in [2.24, 2.45) is 0 Å². The van der Waals surface area contributed by atoms with E-state index in [2.05, 4.69) is 20.9 Å². The maximum absolute atomic E-state index is 9.51. The van der Waals surface area contributed by atoms with Gasteiger partial charge in [-0.15, -0.1) is 11.3 Å². The van der Waals surface area contributed by atoms with E-state index in [0.717, 1.165) is 19.3 Å². The monoisotopic (exact) mass is 315 g/mol. The van der Waals surface area contributed by atoms with Gasteiger partial charge in [0.1, 0.15) is 0 Å². The Kier molecular flexibility index (Phi) is 4.02. The van der Waals surface area contributed by atoms with Gasteiger partial charge in [-0.05, 0) is 24.6 Å². The second kappa shape index (κ2) is 5.31. The summed E-state index contributed by atoms with van der Waals surface area (Å²) in [6, 6.07) is 5.94. The summed E-state index contributed by atoms with van der Waals surface area (Å²) in [5, 5.41) is 11.5. The van der Waals surface area contributed by atoms with Gasteiger partial charge in [0.15, 0.2) is 4.34 Å². The molecule has 0 amide bonds. The number of thiazole rings is 1. The number of rotatable bonds is 3. The summed E-state index contributed by atoms with van der Waals surface area (Å²) in [7, 11) is 0. The second-order valence-electron chi connectivity index (χ2n) is 3.26. The first kappa shape index (κ1) is 12.1. The highest BCUT2D eigenvalue weighted by Crippen LogP contribution is 2.33. The highest BCUT2D eigenvalue weighted by Gasteiger charge is 2.07. The van der Waals surface area contributed by atoms with Gasteiger partial charge in [-0.2, -0.15) is 0 Å². The quantitative estimate of drug-likeness (QED) is 0.925. The van der Waals surface area contributed by atoms with E-state index in [1.807, 2.05) is 23.6 Å². The molecule has 0 aliphatic rings. The summed E-state index contributed by atoms with van der Waals surface area (Å²) in [6.07, 6.45) is 1.35. The zero-order valence-corrected chi connectivity index (χ0v) is 11.8. The van der Waals surface area contributed by atoms with Crippen LogP contribution in [0.15, 0.2) is 43.5 Å². The Morgan fingerprint density at radius 2 is 2.31 bits per heavy atom. The standard InChI is InChI=1S/C11H10BrNOS2/c1-7(14)9-3-2-8(6-10(9)12)16-11-13-4-5-15-11/h2-7,14H,1H3. The van der Waals surface area contributed by atoms with Crippen LogP contribution in [0.25, 0.3) is 0 Å². The van der Waals surface area contributed by atoms with E-state index >= 15 is 0 Å². The van der Waals surface area contributed by atoms with Gasteiger partial charge in [0.2, 0.25) is 0 Å². The van der Waals surface area contributed by atoms with Crippen molar-refractivity contribution in [3.63, 3.8) is 0 Å². The molecule has 2 nitrogen and oxygen atoms in total. The Bertz CT molecular complexity index is 471. The smallest absolute Gasteiger partial charge is 0.154 e. The minimum Gasteiger partial charge on any atom is -0.389 e. The van der Waals surface area contributed by atoms with Crippen molar-refractivity contribution in [1.29, 1.82) is 0 Å². The Labute approximate surface area is 111 Å². The minimum absolute atomic E-state index is 0.451. The molecule has 0 aliphatic carbocycles. The summed E-state index contributed by atoms with van der Waals surface area (Å²) in [5.41, 5.74) is 0.906. The first-order chi connectivity index (χ1) is 7.66. The van der Waals surface area contributed by atoms with E-state index in [1.54, 1.807) is 36.2 Å². The van der Waals surface area contributed by atoms with E-state index in [4.69, 9.17) is 0 Å². The van der Waals surface area contributed by atoms with E-state index in [1.165, 1.54) is 0 Å². The van der Waals surface area contributed by atoms with Crippen LogP contribution in [0.4, 0.5) is 0 Å². The maximum atomic E-state index is 9.51. The first-order valence-corrected chi connectivity index (χ1v) is 7.20. The van der Waals surface area contributed by atoms with Crippen molar-refractivity contribution in [3.05, 3.63) is 39.8 Å². The van der Waals surface area contributed by atoms with Crippen molar-refractivity contribution in [3.8, 4) is 0 Å². The third kappa shape index (κ3) is 2.85. The van der Waals surface area contributed by atoms with Crippen LogP contribution in [-0.4, -0.2) is 10.1 Å². The highest BCUT2D eigenvalue weighted by molar-refractivity contribution is 9.10. The molecule has 0 saturated heterocycles. The topological polar surface area (TPSA) is 33.1 Å². The zero-order chi connectivity index (χ0) is 11.5. The lowest BCUT2D eigenvalue weighted by Crippen LogP contribution is -1.92. The zero-order valence-electron chi connectivity index (χ0n) is 8.55. The molecule has 1 aromatic carbocycles. The lowest BCUT2D eigenvalue weighted by molar-refractivity contribution is 0.198. The third-order valence-electron chi connectivity index (χ3n) is 2.04. The van der Waals surface area contributed by atoms with Gasteiger partial charge in [0.05, 0.1) is 6.10 Å². The van der Waals surface area contributed by atoms with Gasteiger partial charge in [-0.3, -0.25) is 0 Å². The predicted octanol–water partition coefficient (Wildman–Crippen LogP) is 4.11. The molecular formula is C11H10BrNOS2. The first-order valence-electron chi connectivity index (χ1n) is 4.71. The van der Waals surface area contributed by atoms with Crippen LogP contribution < -0.4 is 0 Å². The van der Waals surface area contributed by atoms with Gasteiger partial charge in [-0.1, -0.05) is 33.8 Å². The summed E-state index contributed by atoms with van der Waals surface area (Å²) in [4.78, 5) is 5.33. The number of aliphatic hydroxyl groups is 1. The molecule has 1 unspecified atom stereocenters. The molecule has 0 bridgehead atoms. The van der Waals surface area contributed by atoms with E-state index in [0.29, 0.717) is 0 Å². The molecule has 84 valence electrons. The molecule has 16 heavy (non-hydrogen) atoms. The number of nitrogens with zero attached hydrogens (tertiary/aromatic N) is 1. The van der Waals surface area contributed by atoms with Gasteiger partial charge >= 0.3 is 0 Å². The van der Waals surface area contributed by atoms with Crippen LogP contribution >= 0.6 is 39.0 Å². The fourth-order valence-electron chi connectivity index (χ4n) is 1.27. The second-order valence-corrected chi connectivity index (χ2v) is 6.33. The number of hydrogen-bond acceptors (Lipinski definition) is 4. The van der Waals surface area contributed by atoms with Crippen LogP contribution in [0.1, 0.15) is 18.6 Å². The SMILES string of the molecule is CC(O)c1ccc(Sc2nccs2)cc1Br. The normalized spacial score (nSPS) is 12.7.